The van der Waals surface area contributed by atoms with Crippen LogP contribution in [-0.4, -0.2) is 25.0 Å². The molecule has 0 saturated carbocycles. The van der Waals surface area contributed by atoms with Crippen LogP contribution in [0.4, 0.5) is 5.69 Å². The van der Waals surface area contributed by atoms with Gasteiger partial charge in [0.05, 0.1) is 16.3 Å². The molecule has 0 unspecified atom stereocenters. The van der Waals surface area contributed by atoms with E-state index in [2.05, 4.69) is 10.6 Å². The topological polar surface area (TPSA) is 76.7 Å². The molecule has 1 aliphatic heterocycles. The average molecular weight is 423 g/mol. The van der Waals surface area contributed by atoms with Crippen molar-refractivity contribution in [3.63, 3.8) is 0 Å². The summed E-state index contributed by atoms with van der Waals surface area (Å²) in [6, 6.07) is 8.47. The van der Waals surface area contributed by atoms with Crippen LogP contribution in [0.25, 0.3) is 0 Å². The summed E-state index contributed by atoms with van der Waals surface area (Å²) in [5, 5.41) is 6.03. The number of para-hydroxylation sites is 1. The molecule has 0 bridgehead atoms. The van der Waals surface area contributed by atoms with Crippen molar-refractivity contribution in [2.45, 2.75) is 26.3 Å². The average Bonchev–Trinajstić information content (AvgIpc) is 2.68. The minimum absolute atomic E-state index is 0.198. The number of anilines is 1. The van der Waals surface area contributed by atoms with Gasteiger partial charge in [0, 0.05) is 23.6 Å². The van der Waals surface area contributed by atoms with Gasteiger partial charge in [-0.05, 0) is 24.6 Å². The van der Waals surface area contributed by atoms with Crippen molar-refractivity contribution in [1.29, 1.82) is 0 Å². The highest BCUT2D eigenvalue weighted by Crippen LogP contribution is 2.34. The molecule has 0 spiro atoms. The van der Waals surface area contributed by atoms with Crippen LogP contribution >= 0.6 is 23.2 Å². The van der Waals surface area contributed by atoms with Crippen LogP contribution in [-0.2, 0) is 11.3 Å². The normalized spacial score (nSPS) is 12.4. The highest BCUT2D eigenvalue weighted by Gasteiger charge is 2.20. The van der Waals surface area contributed by atoms with Crippen LogP contribution in [0.2, 0.25) is 10.0 Å². The fourth-order valence-electron chi connectivity index (χ4n) is 2.85. The second kappa shape index (κ2) is 9.17. The molecule has 2 amide bonds. The van der Waals surface area contributed by atoms with Crippen molar-refractivity contribution in [3.05, 3.63) is 51.5 Å². The Balaban J connectivity index is 1.80. The minimum Gasteiger partial charge on any atom is -0.486 e. The predicted octanol–water partition coefficient (Wildman–Crippen LogP) is 4.43. The number of fused-ring (bicyclic) bond motifs is 1. The smallest absolute Gasteiger partial charge is 0.253 e. The molecule has 6 nitrogen and oxygen atoms in total. The molecule has 2 aromatic rings. The van der Waals surface area contributed by atoms with Gasteiger partial charge in [0.2, 0.25) is 5.91 Å². The van der Waals surface area contributed by atoms with E-state index < -0.39 is 5.91 Å². The van der Waals surface area contributed by atoms with Gasteiger partial charge >= 0.3 is 0 Å². The summed E-state index contributed by atoms with van der Waals surface area (Å²) in [5.74, 6) is 0.639. The number of hydrogen-bond acceptors (Lipinski definition) is 4. The molecule has 2 N–H and O–H groups in total. The SMILES string of the molecule is CCCC(=O)Nc1c(Cl)cc(Cl)cc1C(=O)NCc1cccc2c1OCCO2. The first kappa shape index (κ1) is 20.3. The highest BCUT2D eigenvalue weighted by atomic mass is 35.5. The summed E-state index contributed by atoms with van der Waals surface area (Å²) in [5.41, 5.74) is 1.23. The van der Waals surface area contributed by atoms with E-state index in [1.54, 1.807) is 0 Å². The predicted molar refractivity (Wildman–Crippen MR) is 109 cm³/mol. The monoisotopic (exact) mass is 422 g/mol. The quantitative estimate of drug-likeness (QED) is 0.721. The zero-order chi connectivity index (χ0) is 20.1. The lowest BCUT2D eigenvalue weighted by Crippen LogP contribution is -2.26. The maximum absolute atomic E-state index is 12.8. The number of halogens is 2. The lowest BCUT2D eigenvalue weighted by atomic mass is 10.1. The van der Waals surface area contributed by atoms with Crippen LogP contribution in [0.5, 0.6) is 11.5 Å². The van der Waals surface area contributed by atoms with Gasteiger partial charge in [-0.2, -0.15) is 0 Å². The minimum atomic E-state index is -0.412. The van der Waals surface area contributed by atoms with E-state index in [0.29, 0.717) is 42.6 Å². The molecule has 148 valence electrons. The Morgan fingerprint density at radius 3 is 2.71 bits per heavy atom. The number of carbonyl (C=O) groups excluding carboxylic acids is 2. The van der Waals surface area contributed by atoms with Crippen molar-refractivity contribution < 1.29 is 19.1 Å². The van der Waals surface area contributed by atoms with Gasteiger partial charge in [0.25, 0.3) is 5.91 Å². The Hall–Kier alpha value is -2.44. The molecule has 1 aliphatic rings. The van der Waals surface area contributed by atoms with Crippen molar-refractivity contribution >= 4 is 40.7 Å². The zero-order valence-corrected chi connectivity index (χ0v) is 16.8. The second-order valence-corrected chi connectivity index (χ2v) is 7.08. The molecule has 0 aliphatic carbocycles. The first-order valence-corrected chi connectivity index (χ1v) is 9.69. The number of nitrogens with one attached hydrogen (secondary N) is 2. The van der Waals surface area contributed by atoms with Gasteiger partial charge < -0.3 is 20.1 Å². The van der Waals surface area contributed by atoms with Crippen molar-refractivity contribution in [3.8, 4) is 11.5 Å². The Bertz CT molecular complexity index is 902. The van der Waals surface area contributed by atoms with E-state index in [4.69, 9.17) is 32.7 Å². The Morgan fingerprint density at radius 1 is 1.14 bits per heavy atom. The van der Waals surface area contributed by atoms with Gasteiger partial charge in [0.15, 0.2) is 11.5 Å². The molecule has 0 fully saturated rings. The maximum Gasteiger partial charge on any atom is 0.253 e. The molecule has 3 rings (SSSR count). The van der Waals surface area contributed by atoms with Crippen LogP contribution in [0, 0.1) is 0 Å². The molecule has 2 aromatic carbocycles. The number of amides is 2. The molecule has 28 heavy (non-hydrogen) atoms. The van der Waals surface area contributed by atoms with Gasteiger partial charge in [-0.15, -0.1) is 0 Å². The highest BCUT2D eigenvalue weighted by molar-refractivity contribution is 6.38. The Kier molecular flexibility index (Phi) is 6.65. The van der Waals surface area contributed by atoms with Gasteiger partial charge in [-0.3, -0.25) is 9.59 Å². The third-order valence-corrected chi connectivity index (χ3v) is 4.64. The molecule has 8 heteroatoms. The van der Waals surface area contributed by atoms with E-state index in [0.717, 1.165) is 5.56 Å². The number of ether oxygens (including phenoxy) is 2. The molecular weight excluding hydrogens is 403 g/mol. The van der Waals surface area contributed by atoms with Gasteiger partial charge in [-0.25, -0.2) is 0 Å². The molecule has 0 aromatic heterocycles. The summed E-state index contributed by atoms with van der Waals surface area (Å²) < 4.78 is 11.2. The first-order chi connectivity index (χ1) is 13.5. The molecular formula is C20H20Cl2N2O4. The Labute approximate surface area is 173 Å². The maximum atomic E-state index is 12.8. The number of rotatable bonds is 6. The van der Waals surface area contributed by atoms with E-state index in [-0.39, 0.29) is 28.7 Å². The van der Waals surface area contributed by atoms with Crippen molar-refractivity contribution in [2.75, 3.05) is 18.5 Å². The van der Waals surface area contributed by atoms with Gasteiger partial charge in [-0.1, -0.05) is 42.3 Å². The van der Waals surface area contributed by atoms with E-state index in [9.17, 15) is 9.59 Å². The van der Waals surface area contributed by atoms with Crippen LogP contribution in [0.15, 0.2) is 30.3 Å². The Morgan fingerprint density at radius 2 is 1.93 bits per heavy atom. The number of hydrogen-bond donors (Lipinski definition) is 2. The van der Waals surface area contributed by atoms with E-state index in [1.807, 2.05) is 25.1 Å². The number of carbonyl (C=O) groups is 2. The van der Waals surface area contributed by atoms with Crippen LogP contribution < -0.4 is 20.1 Å². The second-order valence-electron chi connectivity index (χ2n) is 6.23. The van der Waals surface area contributed by atoms with Crippen LogP contribution in [0.1, 0.15) is 35.7 Å². The molecule has 0 atom stereocenters. The van der Waals surface area contributed by atoms with Crippen LogP contribution in [0.3, 0.4) is 0 Å². The molecule has 1 heterocycles. The largest absolute Gasteiger partial charge is 0.486 e. The summed E-state index contributed by atoms with van der Waals surface area (Å²) in [6.45, 7) is 3.06. The standard InChI is InChI=1S/C20H20Cl2N2O4/c1-2-4-17(25)24-18-14(9-13(21)10-15(18)22)20(26)23-11-12-5-3-6-16-19(12)28-8-7-27-16/h3,5-6,9-10H,2,4,7-8,11H2,1H3,(H,23,26)(H,24,25). The summed E-state index contributed by atoms with van der Waals surface area (Å²) in [7, 11) is 0. The third kappa shape index (κ3) is 4.69. The van der Waals surface area contributed by atoms with E-state index in [1.165, 1.54) is 12.1 Å². The lowest BCUT2D eigenvalue weighted by Gasteiger charge is -2.21. The first-order valence-electron chi connectivity index (χ1n) is 8.94. The van der Waals surface area contributed by atoms with Crippen molar-refractivity contribution in [1.82, 2.24) is 5.32 Å². The van der Waals surface area contributed by atoms with Gasteiger partial charge in [0.1, 0.15) is 13.2 Å². The van der Waals surface area contributed by atoms with Crippen molar-refractivity contribution in [2.24, 2.45) is 0 Å². The van der Waals surface area contributed by atoms with E-state index >= 15 is 0 Å². The molecule has 0 saturated heterocycles. The summed E-state index contributed by atoms with van der Waals surface area (Å²) in [6.07, 6.45) is 1.01. The zero-order valence-electron chi connectivity index (χ0n) is 15.3. The fourth-order valence-corrected chi connectivity index (χ4v) is 3.39. The number of benzene rings is 2. The summed E-state index contributed by atoms with van der Waals surface area (Å²) >= 11 is 12.3. The summed E-state index contributed by atoms with van der Waals surface area (Å²) in [4.78, 5) is 24.8. The lowest BCUT2D eigenvalue weighted by molar-refractivity contribution is -0.116. The fraction of sp³-hybridized carbons (Fsp3) is 0.300. The third-order valence-electron chi connectivity index (χ3n) is 4.13. The molecule has 0 radical (unpaired) electrons.